The molecule has 0 unspecified atom stereocenters. The van der Waals surface area contributed by atoms with Crippen LogP contribution >= 0.6 is 46.4 Å². The summed E-state index contributed by atoms with van der Waals surface area (Å²) in [7, 11) is -8.64. The van der Waals surface area contributed by atoms with Gasteiger partial charge >= 0.3 is 29.6 Å². The molecule has 0 radical (unpaired) electrons. The number of aromatic nitrogens is 2. The fourth-order valence-corrected chi connectivity index (χ4v) is 7.26. The molecule has 1 aromatic heterocycles. The van der Waals surface area contributed by atoms with Crippen molar-refractivity contribution in [2.24, 2.45) is 0 Å². The molecule has 10 nitrogen and oxygen atoms in total. The third-order valence-corrected chi connectivity index (χ3v) is 10.5. The molecule has 46 heavy (non-hydrogen) atoms. The number of fused-ring (bicyclic) bond motifs is 2. The number of hydrogen-bond donors (Lipinski definition) is 0. The van der Waals surface area contributed by atoms with Crippen LogP contribution < -0.4 is 43.9 Å². The van der Waals surface area contributed by atoms with Crippen LogP contribution in [0, 0.1) is 0 Å². The zero-order valence-corrected chi connectivity index (χ0v) is 32.3. The van der Waals surface area contributed by atoms with Crippen molar-refractivity contribution in [3.63, 3.8) is 0 Å². The number of benzene rings is 2. The largest absolute Gasteiger partial charge is 1.00 e. The molecule has 0 saturated heterocycles. The number of aryl methyl sites for hydroxylation is 2. The Balaban J connectivity index is 0.00000576. The molecule has 0 bridgehead atoms. The molecule has 0 N–H and O–H groups in total. The van der Waals surface area contributed by atoms with Crippen molar-refractivity contribution in [2.75, 3.05) is 34.4 Å². The second kappa shape index (κ2) is 16.6. The molecular weight excluding hydrogens is 729 g/mol. The summed E-state index contributed by atoms with van der Waals surface area (Å²) < 4.78 is 71.1. The molecule has 0 amide bonds. The molecule has 2 heterocycles. The monoisotopic (exact) mass is 760 g/mol. The quantitative estimate of drug-likeness (QED) is 0.106. The van der Waals surface area contributed by atoms with Crippen molar-refractivity contribution < 1.29 is 60.1 Å². The fourth-order valence-electron chi connectivity index (χ4n) is 5.51. The minimum atomic E-state index is -4.32. The van der Waals surface area contributed by atoms with E-state index in [-0.39, 0.29) is 42.4 Å². The number of halogens is 4. The van der Waals surface area contributed by atoms with Gasteiger partial charge in [-0.15, -0.1) is 0 Å². The summed E-state index contributed by atoms with van der Waals surface area (Å²) in [6, 6.07) is 7.13. The van der Waals surface area contributed by atoms with Crippen molar-refractivity contribution in [1.29, 1.82) is 0 Å². The van der Waals surface area contributed by atoms with Gasteiger partial charge in [-0.3, -0.25) is 0 Å². The predicted molar refractivity (Wildman–Crippen MR) is 179 cm³/mol. The molecular formula is C29H33Cl4N4NaO6S2. The molecule has 0 spiro atoms. The summed E-state index contributed by atoms with van der Waals surface area (Å²) in [5.74, 6) is 0.734. The van der Waals surface area contributed by atoms with Gasteiger partial charge in [-0.1, -0.05) is 52.5 Å². The molecule has 0 atom stereocenters. The van der Waals surface area contributed by atoms with Gasteiger partial charge in [0.1, 0.15) is 5.82 Å². The first-order chi connectivity index (χ1) is 21.1. The number of imidazole rings is 1. The zero-order valence-electron chi connectivity index (χ0n) is 25.7. The van der Waals surface area contributed by atoms with E-state index in [2.05, 4.69) is 9.47 Å². The third-order valence-electron chi connectivity index (χ3n) is 7.48. The third kappa shape index (κ3) is 9.56. The van der Waals surface area contributed by atoms with E-state index in [1.54, 1.807) is 24.3 Å². The van der Waals surface area contributed by atoms with Crippen molar-refractivity contribution in [3.8, 4) is 0 Å². The first-order valence-electron chi connectivity index (χ1n) is 14.4. The Bertz CT molecular complexity index is 1870. The van der Waals surface area contributed by atoms with Gasteiger partial charge in [0.25, 0.3) is 5.82 Å². The summed E-state index contributed by atoms with van der Waals surface area (Å²) in [5.41, 5.74) is 3.31. The summed E-state index contributed by atoms with van der Waals surface area (Å²) in [6.45, 7) is 6.07. The van der Waals surface area contributed by atoms with Crippen LogP contribution in [-0.2, 0) is 33.3 Å². The van der Waals surface area contributed by atoms with Crippen molar-refractivity contribution in [1.82, 2.24) is 4.57 Å². The maximum absolute atomic E-state index is 11.2. The van der Waals surface area contributed by atoms with Crippen LogP contribution in [0.5, 0.6) is 0 Å². The van der Waals surface area contributed by atoms with Crippen molar-refractivity contribution >= 4 is 95.1 Å². The number of allylic oxidation sites excluding steroid dienone is 2. The maximum Gasteiger partial charge on any atom is 1.00 e. The van der Waals surface area contributed by atoms with Crippen LogP contribution in [0.1, 0.15) is 45.4 Å². The zero-order chi connectivity index (χ0) is 33.1. The van der Waals surface area contributed by atoms with Crippen LogP contribution in [0.25, 0.3) is 17.1 Å². The molecule has 0 aliphatic carbocycles. The summed E-state index contributed by atoms with van der Waals surface area (Å²) in [6.07, 6.45) is 7.08. The molecule has 246 valence electrons. The second-order valence-corrected chi connectivity index (χ2v) is 15.2. The minimum absolute atomic E-state index is 0. The SMILES string of the molecule is CCN1/C(=C/C=C/c2n(CC)c3cc(Cl)c(Cl)cc3[n+]2CCCCS(=O)(=O)[O-])N(CCCCS(=O)(=O)[O-])c2cc(Cl)c(Cl)cc21.[Na+]. The Morgan fingerprint density at radius 3 is 1.87 bits per heavy atom. The smallest absolute Gasteiger partial charge is 0.748 e. The molecule has 3 aromatic rings. The van der Waals surface area contributed by atoms with Gasteiger partial charge in [-0.25, -0.2) is 26.0 Å². The Kier molecular flexibility index (Phi) is 14.2. The van der Waals surface area contributed by atoms with E-state index < -0.39 is 31.7 Å². The molecule has 0 saturated carbocycles. The molecule has 1 aliphatic heterocycles. The Morgan fingerprint density at radius 1 is 0.761 bits per heavy atom. The Labute approximate surface area is 312 Å². The van der Waals surface area contributed by atoms with Gasteiger partial charge in [-0.2, -0.15) is 0 Å². The molecule has 17 heteroatoms. The van der Waals surface area contributed by atoms with Crippen LogP contribution in [0.2, 0.25) is 20.1 Å². The normalized spacial score (nSPS) is 14.6. The van der Waals surface area contributed by atoms with Crippen molar-refractivity contribution in [2.45, 2.75) is 52.6 Å². The van der Waals surface area contributed by atoms with Crippen LogP contribution in [0.4, 0.5) is 11.4 Å². The van der Waals surface area contributed by atoms with E-state index >= 15 is 0 Å². The topological polar surface area (TPSA) is 130 Å². The average molecular weight is 763 g/mol. The van der Waals surface area contributed by atoms with E-state index in [9.17, 15) is 25.9 Å². The van der Waals surface area contributed by atoms with E-state index in [4.69, 9.17) is 46.4 Å². The van der Waals surface area contributed by atoms with E-state index in [0.29, 0.717) is 59.1 Å². The number of rotatable bonds is 14. The minimum Gasteiger partial charge on any atom is -0.748 e. The van der Waals surface area contributed by atoms with Gasteiger partial charge in [-0.05, 0) is 57.7 Å². The fraction of sp³-hybridized carbons (Fsp3) is 0.414. The number of hydrogen-bond acceptors (Lipinski definition) is 8. The predicted octanol–water partition coefficient (Wildman–Crippen LogP) is 3.42. The molecule has 1 aliphatic rings. The Morgan fingerprint density at radius 2 is 1.30 bits per heavy atom. The molecule has 0 fully saturated rings. The van der Waals surface area contributed by atoms with Gasteiger partial charge in [0.15, 0.2) is 11.0 Å². The van der Waals surface area contributed by atoms with Crippen LogP contribution in [0.15, 0.2) is 42.2 Å². The van der Waals surface area contributed by atoms with Crippen molar-refractivity contribution in [3.05, 3.63) is 68.2 Å². The van der Waals surface area contributed by atoms with Crippen LogP contribution in [0.3, 0.4) is 0 Å². The average Bonchev–Trinajstić information content (AvgIpc) is 3.38. The van der Waals surface area contributed by atoms with Crippen LogP contribution in [-0.4, -0.2) is 55.1 Å². The first kappa shape index (κ1) is 39.4. The number of unbranched alkanes of at least 4 members (excludes halogenated alkanes) is 2. The standard InChI is InChI=1S/C29H34Cl4N4O6S2.Na/c1-3-34-24-16-20(30)22(32)18-26(24)36(12-5-7-14-44(38,39)40)28(34)10-9-11-29-35(4-2)25-17-21(31)23(33)19-27(25)37(29)13-6-8-15-45(41,42)43;/h9-11,16-19H,3-8,12-15H2,1-2H3,(H-,38,39,40,41,42,43);/q;+1/p-1. The van der Waals surface area contributed by atoms with E-state index in [0.717, 1.165) is 34.1 Å². The van der Waals surface area contributed by atoms with Gasteiger partial charge < -0.3 is 18.9 Å². The summed E-state index contributed by atoms with van der Waals surface area (Å²) in [4.78, 5) is 4.09. The number of nitrogens with zero attached hydrogens (tertiary/aromatic N) is 4. The summed E-state index contributed by atoms with van der Waals surface area (Å²) in [5, 5.41) is 1.56. The maximum atomic E-state index is 11.2. The molecule has 2 aromatic carbocycles. The van der Waals surface area contributed by atoms with Gasteiger partial charge in [0.05, 0.1) is 64.8 Å². The summed E-state index contributed by atoms with van der Waals surface area (Å²) >= 11 is 25.5. The van der Waals surface area contributed by atoms with Gasteiger partial charge in [0.2, 0.25) is 0 Å². The van der Waals surface area contributed by atoms with Gasteiger partial charge in [0, 0.05) is 42.8 Å². The molecule has 4 rings (SSSR count). The Hall–Kier alpha value is -1.03. The second-order valence-electron chi connectivity index (χ2n) is 10.5. The van der Waals surface area contributed by atoms with E-state index in [1.165, 1.54) is 0 Å². The first-order valence-corrected chi connectivity index (χ1v) is 19.0. The number of anilines is 2. The van der Waals surface area contributed by atoms with E-state index in [1.807, 2.05) is 41.5 Å².